The van der Waals surface area contributed by atoms with Crippen LogP contribution in [0.15, 0.2) is 30.6 Å². The van der Waals surface area contributed by atoms with Crippen molar-refractivity contribution in [2.75, 3.05) is 0 Å². The van der Waals surface area contributed by atoms with Gasteiger partial charge in [0.05, 0.1) is 6.10 Å². The van der Waals surface area contributed by atoms with E-state index in [1.54, 1.807) is 20.2 Å². The van der Waals surface area contributed by atoms with Crippen LogP contribution < -0.4 is 0 Å². The molecule has 0 aliphatic heterocycles. The molecule has 2 rings (SSSR count). The van der Waals surface area contributed by atoms with E-state index in [4.69, 9.17) is 4.74 Å². The van der Waals surface area contributed by atoms with Crippen LogP contribution in [0.4, 0.5) is 0 Å². The number of benzene rings is 1. The molecule has 2 aromatic rings. The molecule has 21 heavy (non-hydrogen) atoms. The second-order valence-electron chi connectivity index (χ2n) is 5.23. The number of rotatable bonds is 4. The highest BCUT2D eigenvalue weighted by Crippen LogP contribution is 2.18. The Hall–Kier alpha value is -2.43. The number of aryl methyl sites for hydroxylation is 2. The lowest BCUT2D eigenvalue weighted by Crippen LogP contribution is -2.08. The van der Waals surface area contributed by atoms with Crippen molar-refractivity contribution in [3.63, 3.8) is 0 Å². The summed E-state index contributed by atoms with van der Waals surface area (Å²) in [6, 6.07) is 6.16. The molecule has 0 spiro atoms. The Morgan fingerprint density at radius 2 is 1.90 bits per heavy atom. The summed E-state index contributed by atoms with van der Waals surface area (Å²) < 4.78 is 6.50. The van der Waals surface area contributed by atoms with Gasteiger partial charge in [0, 0.05) is 17.8 Å². The van der Waals surface area contributed by atoms with E-state index in [0.717, 1.165) is 16.7 Å². The fraction of sp³-hybridized carbons (Fsp3) is 0.312. The van der Waals surface area contributed by atoms with Crippen LogP contribution in [0.2, 0.25) is 0 Å². The average molecular weight is 285 g/mol. The van der Waals surface area contributed by atoms with Crippen LogP contribution in [0.1, 0.15) is 25.0 Å². The molecule has 5 heteroatoms. The van der Waals surface area contributed by atoms with E-state index in [0.29, 0.717) is 5.82 Å². The van der Waals surface area contributed by atoms with Gasteiger partial charge >= 0.3 is 5.97 Å². The maximum atomic E-state index is 11.4. The molecule has 0 fully saturated rings. The fourth-order valence-electron chi connectivity index (χ4n) is 1.99. The summed E-state index contributed by atoms with van der Waals surface area (Å²) in [5.41, 5.74) is 3.29. The van der Waals surface area contributed by atoms with Gasteiger partial charge in [0.1, 0.15) is 6.33 Å². The first-order valence-corrected chi connectivity index (χ1v) is 6.82. The summed E-state index contributed by atoms with van der Waals surface area (Å²) in [5.74, 6) is 0.233. The van der Waals surface area contributed by atoms with Crippen molar-refractivity contribution in [3.8, 4) is 11.4 Å². The predicted molar refractivity (Wildman–Crippen MR) is 81.5 cm³/mol. The second kappa shape index (κ2) is 6.35. The van der Waals surface area contributed by atoms with Gasteiger partial charge in [-0.25, -0.2) is 14.5 Å². The zero-order valence-electron chi connectivity index (χ0n) is 12.7. The third-order valence-electron chi connectivity index (χ3n) is 2.70. The minimum Gasteiger partial charge on any atom is -0.460 e. The van der Waals surface area contributed by atoms with Crippen molar-refractivity contribution < 1.29 is 9.53 Å². The zero-order chi connectivity index (χ0) is 15.4. The second-order valence-corrected chi connectivity index (χ2v) is 5.23. The van der Waals surface area contributed by atoms with Crippen LogP contribution >= 0.6 is 0 Å². The molecule has 0 saturated carbocycles. The Balaban J connectivity index is 2.14. The topological polar surface area (TPSA) is 57.0 Å². The normalized spacial score (nSPS) is 11.3. The molecule has 0 saturated heterocycles. The molecule has 1 aromatic heterocycles. The van der Waals surface area contributed by atoms with Crippen LogP contribution in [0.5, 0.6) is 0 Å². The number of ether oxygens (including phenoxy) is 1. The first-order chi connectivity index (χ1) is 9.94. The van der Waals surface area contributed by atoms with Crippen molar-refractivity contribution in [2.45, 2.75) is 33.8 Å². The van der Waals surface area contributed by atoms with E-state index in [-0.39, 0.29) is 6.10 Å². The summed E-state index contributed by atoms with van der Waals surface area (Å²) in [6.45, 7) is 7.68. The molecule has 1 aromatic carbocycles. The number of carbonyl (C=O) groups is 1. The Morgan fingerprint density at radius 1 is 1.24 bits per heavy atom. The largest absolute Gasteiger partial charge is 0.460 e. The maximum absolute atomic E-state index is 11.4. The van der Waals surface area contributed by atoms with Gasteiger partial charge < -0.3 is 4.74 Å². The molecule has 0 N–H and O–H groups in total. The van der Waals surface area contributed by atoms with Gasteiger partial charge in [-0.05, 0) is 39.8 Å². The van der Waals surface area contributed by atoms with Gasteiger partial charge in [-0.2, -0.15) is 0 Å². The first kappa shape index (κ1) is 15.0. The van der Waals surface area contributed by atoms with Gasteiger partial charge in [-0.15, -0.1) is 5.10 Å². The standard InChI is InChI=1S/C16H19N3O2/c1-11(2)21-15(20)5-6-19-10-17-16(18-19)14-8-12(3)7-13(4)9-14/h5-11H,1-4H3/b6-5-. The summed E-state index contributed by atoms with van der Waals surface area (Å²) in [5, 5.41) is 4.32. The van der Waals surface area contributed by atoms with E-state index in [1.165, 1.54) is 17.0 Å². The van der Waals surface area contributed by atoms with E-state index < -0.39 is 5.97 Å². The van der Waals surface area contributed by atoms with Crippen molar-refractivity contribution in [2.24, 2.45) is 0 Å². The number of carbonyl (C=O) groups excluding carboxylic acids is 1. The van der Waals surface area contributed by atoms with E-state index in [2.05, 4.69) is 16.1 Å². The third kappa shape index (κ3) is 4.27. The molecule has 0 unspecified atom stereocenters. The summed E-state index contributed by atoms with van der Waals surface area (Å²) in [7, 11) is 0. The quantitative estimate of drug-likeness (QED) is 0.640. The maximum Gasteiger partial charge on any atom is 0.332 e. The molecule has 0 aliphatic carbocycles. The molecule has 0 atom stereocenters. The molecule has 1 heterocycles. The van der Waals surface area contributed by atoms with Gasteiger partial charge in [0.15, 0.2) is 5.82 Å². The van der Waals surface area contributed by atoms with Crippen molar-refractivity contribution in [1.82, 2.24) is 14.8 Å². The van der Waals surface area contributed by atoms with Gasteiger partial charge in [0.2, 0.25) is 0 Å². The number of aromatic nitrogens is 3. The molecule has 0 aliphatic rings. The van der Waals surface area contributed by atoms with Gasteiger partial charge in [-0.3, -0.25) is 0 Å². The Morgan fingerprint density at radius 3 is 2.52 bits per heavy atom. The minimum atomic E-state index is -0.395. The van der Waals surface area contributed by atoms with Crippen LogP contribution in [0.3, 0.4) is 0 Å². The van der Waals surface area contributed by atoms with Gasteiger partial charge in [0.25, 0.3) is 0 Å². The minimum absolute atomic E-state index is 0.135. The van der Waals surface area contributed by atoms with Crippen molar-refractivity contribution in [1.29, 1.82) is 0 Å². The summed E-state index contributed by atoms with van der Waals surface area (Å²) >= 11 is 0. The first-order valence-electron chi connectivity index (χ1n) is 6.82. The molecular formula is C16H19N3O2. The molecule has 0 amide bonds. The van der Waals surface area contributed by atoms with Crippen LogP contribution in [-0.2, 0) is 9.53 Å². The van der Waals surface area contributed by atoms with Gasteiger partial charge in [-0.1, -0.05) is 17.2 Å². The van der Waals surface area contributed by atoms with E-state index in [9.17, 15) is 4.79 Å². The lowest BCUT2D eigenvalue weighted by Gasteiger charge is -2.03. The highest BCUT2D eigenvalue weighted by molar-refractivity contribution is 5.85. The average Bonchev–Trinajstić information content (AvgIpc) is 2.83. The fourth-order valence-corrected chi connectivity index (χ4v) is 1.99. The molecule has 110 valence electrons. The SMILES string of the molecule is Cc1cc(C)cc(-c2ncn(/C=C\C(=O)OC(C)C)n2)c1. The Labute approximate surface area is 124 Å². The number of hydrogen-bond donors (Lipinski definition) is 0. The molecule has 0 radical (unpaired) electrons. The lowest BCUT2D eigenvalue weighted by atomic mass is 10.1. The van der Waals surface area contributed by atoms with Crippen molar-refractivity contribution in [3.05, 3.63) is 41.7 Å². The van der Waals surface area contributed by atoms with Crippen molar-refractivity contribution >= 4 is 12.2 Å². The monoisotopic (exact) mass is 285 g/mol. The van der Waals surface area contributed by atoms with Crippen LogP contribution in [0, 0.1) is 13.8 Å². The van der Waals surface area contributed by atoms with Crippen LogP contribution in [-0.4, -0.2) is 26.8 Å². The van der Waals surface area contributed by atoms with E-state index >= 15 is 0 Å². The molecular weight excluding hydrogens is 266 g/mol. The van der Waals surface area contributed by atoms with Crippen LogP contribution in [0.25, 0.3) is 17.6 Å². The Bertz CT molecular complexity index is 652. The third-order valence-corrected chi connectivity index (χ3v) is 2.70. The highest BCUT2D eigenvalue weighted by Gasteiger charge is 2.05. The lowest BCUT2D eigenvalue weighted by molar-refractivity contribution is -0.141. The summed E-state index contributed by atoms with van der Waals surface area (Å²) in [6.07, 6.45) is 4.29. The zero-order valence-corrected chi connectivity index (χ0v) is 12.7. The predicted octanol–water partition coefficient (Wildman–Crippen LogP) is 2.98. The number of esters is 1. The Kier molecular flexibility index (Phi) is 4.52. The smallest absolute Gasteiger partial charge is 0.332 e. The summed E-state index contributed by atoms with van der Waals surface area (Å²) in [4.78, 5) is 15.7. The van der Waals surface area contributed by atoms with E-state index in [1.807, 2.05) is 26.0 Å². The molecule has 0 bridgehead atoms. The number of hydrogen-bond acceptors (Lipinski definition) is 4. The molecule has 5 nitrogen and oxygen atoms in total. The number of nitrogens with zero attached hydrogens (tertiary/aromatic N) is 3. The highest BCUT2D eigenvalue weighted by atomic mass is 16.5.